The van der Waals surface area contributed by atoms with E-state index in [0.717, 1.165) is 17.0 Å². The minimum atomic E-state index is -0.396. The van der Waals surface area contributed by atoms with Gasteiger partial charge in [0, 0.05) is 33.3 Å². The minimum Gasteiger partial charge on any atom is -0.497 e. The number of amides is 1. The Morgan fingerprint density at radius 3 is 2.81 bits per heavy atom. The highest BCUT2D eigenvalue weighted by atomic mass is 35.5. The first-order valence-electron chi connectivity index (χ1n) is 10.1. The first-order valence-corrected chi connectivity index (χ1v) is 10.4. The van der Waals surface area contributed by atoms with Crippen molar-refractivity contribution >= 4 is 34.8 Å². The average Bonchev–Trinajstić information content (AvgIpc) is 3.36. The molecular formula is C22H23ClN6O3. The number of imidazole rings is 1. The number of anilines is 1. The van der Waals surface area contributed by atoms with Crippen LogP contribution in [-0.2, 0) is 11.3 Å². The normalized spacial score (nSPS) is 15.7. The molecule has 9 nitrogen and oxygen atoms in total. The van der Waals surface area contributed by atoms with Gasteiger partial charge in [0.2, 0.25) is 0 Å². The van der Waals surface area contributed by atoms with Crippen LogP contribution in [0.1, 0.15) is 22.5 Å². The molecule has 0 saturated carbocycles. The quantitative estimate of drug-likeness (QED) is 0.571. The first-order chi connectivity index (χ1) is 15.4. The number of hydrogen-bond acceptors (Lipinski definition) is 7. The summed E-state index contributed by atoms with van der Waals surface area (Å²) in [7, 11) is 5.34. The Labute approximate surface area is 190 Å². The third-order valence-corrected chi connectivity index (χ3v) is 5.73. The van der Waals surface area contributed by atoms with E-state index in [1.165, 1.54) is 10.7 Å². The molecule has 2 aromatic heterocycles. The number of methoxy groups -OCH3 is 1. The monoisotopic (exact) mass is 454 g/mol. The molecule has 0 radical (unpaired) electrons. The zero-order chi connectivity index (χ0) is 22.8. The summed E-state index contributed by atoms with van der Waals surface area (Å²) in [6.45, 7) is 1.27. The predicted octanol–water partition coefficient (Wildman–Crippen LogP) is 2.18. The molecule has 1 fully saturated rings. The lowest BCUT2D eigenvalue weighted by molar-refractivity contribution is 0.0936. The highest BCUT2D eigenvalue weighted by Gasteiger charge is 2.29. The number of likely N-dealkylation sites (tertiary alicyclic amines) is 1. The Bertz CT molecular complexity index is 1200. The summed E-state index contributed by atoms with van der Waals surface area (Å²) in [5.41, 5.74) is 2.97. The van der Waals surface area contributed by atoms with E-state index in [9.17, 15) is 9.59 Å². The molecule has 0 spiro atoms. The molecule has 1 amide bonds. The van der Waals surface area contributed by atoms with Crippen LogP contribution in [0.25, 0.3) is 5.65 Å². The number of halogens is 1. The van der Waals surface area contributed by atoms with Crippen LogP contribution in [0.5, 0.6) is 5.75 Å². The molecule has 1 aliphatic rings. The number of carbonyl (C=O) groups is 1. The molecule has 1 atom stereocenters. The summed E-state index contributed by atoms with van der Waals surface area (Å²) in [5.74, 6) is 2.32. The molecule has 1 saturated heterocycles. The molecule has 166 valence electrons. The van der Waals surface area contributed by atoms with Gasteiger partial charge in [-0.05, 0) is 24.1 Å². The van der Waals surface area contributed by atoms with E-state index in [0.29, 0.717) is 30.9 Å². The molecule has 32 heavy (non-hydrogen) atoms. The van der Waals surface area contributed by atoms with E-state index >= 15 is 0 Å². The fourth-order valence-corrected chi connectivity index (χ4v) is 4.00. The standard InChI is InChI=1S/C22H23ClN6O3/c1-27-9-8-16(19(27)13-30)25-22(31)18-11-24-21-17(10-20(23)26-29(18)21)28(2)12-14-4-6-15(32-3)7-5-14/h4-7,10-11,16H,8-9,12H2,1-3H3,(H,25,31)/t16-/m1/s1. The smallest absolute Gasteiger partial charge is 0.272 e. The Morgan fingerprint density at radius 2 is 2.12 bits per heavy atom. The molecule has 0 bridgehead atoms. The molecule has 0 unspecified atom stereocenters. The van der Waals surface area contributed by atoms with Gasteiger partial charge in [0.15, 0.2) is 16.5 Å². The number of aromatic nitrogens is 3. The van der Waals surface area contributed by atoms with E-state index in [1.807, 2.05) is 42.2 Å². The van der Waals surface area contributed by atoms with E-state index in [1.54, 1.807) is 25.1 Å². The molecule has 4 rings (SSSR count). The van der Waals surface area contributed by atoms with Gasteiger partial charge in [-0.3, -0.25) is 4.79 Å². The van der Waals surface area contributed by atoms with Gasteiger partial charge in [0.1, 0.15) is 17.4 Å². The topological polar surface area (TPSA) is 92.1 Å². The molecule has 1 aliphatic heterocycles. The third-order valence-electron chi connectivity index (χ3n) is 5.55. The van der Waals surface area contributed by atoms with Crippen LogP contribution in [-0.4, -0.2) is 65.1 Å². The highest BCUT2D eigenvalue weighted by Crippen LogP contribution is 2.26. The average molecular weight is 455 g/mol. The number of hydrogen-bond donors (Lipinski definition) is 1. The summed E-state index contributed by atoms with van der Waals surface area (Å²) in [5, 5.41) is 7.38. The van der Waals surface area contributed by atoms with E-state index in [2.05, 4.69) is 15.4 Å². The number of nitrogens with one attached hydrogen (secondary N) is 1. The van der Waals surface area contributed by atoms with Gasteiger partial charge in [0.05, 0.1) is 25.0 Å². The van der Waals surface area contributed by atoms with Crippen LogP contribution < -0.4 is 15.0 Å². The second-order valence-corrected chi connectivity index (χ2v) is 8.05. The van der Waals surface area contributed by atoms with Crippen LogP contribution >= 0.6 is 11.6 Å². The predicted molar refractivity (Wildman–Crippen MR) is 121 cm³/mol. The number of ether oxygens (including phenoxy) is 1. The number of rotatable bonds is 6. The Balaban J connectivity index is 1.60. The van der Waals surface area contributed by atoms with Crippen molar-refractivity contribution in [2.45, 2.75) is 19.0 Å². The second-order valence-electron chi connectivity index (χ2n) is 7.66. The fraction of sp³-hybridized carbons (Fsp3) is 0.318. The maximum Gasteiger partial charge on any atom is 0.272 e. The van der Waals surface area contributed by atoms with Crippen molar-refractivity contribution in [3.63, 3.8) is 0 Å². The third kappa shape index (κ3) is 4.12. The van der Waals surface area contributed by atoms with Crippen molar-refractivity contribution in [3.8, 4) is 5.75 Å². The van der Waals surface area contributed by atoms with Crippen LogP contribution in [0.15, 0.2) is 42.2 Å². The van der Waals surface area contributed by atoms with E-state index in [-0.39, 0.29) is 16.8 Å². The Kier molecular flexibility index (Phi) is 6.03. The van der Waals surface area contributed by atoms with Crippen LogP contribution in [0.4, 0.5) is 5.69 Å². The van der Waals surface area contributed by atoms with Gasteiger partial charge in [-0.1, -0.05) is 23.7 Å². The minimum absolute atomic E-state index is 0.232. The van der Waals surface area contributed by atoms with Crippen molar-refractivity contribution < 1.29 is 14.3 Å². The summed E-state index contributed by atoms with van der Waals surface area (Å²) in [6, 6.07) is 9.09. The van der Waals surface area contributed by atoms with Gasteiger partial charge in [-0.25, -0.2) is 14.3 Å². The fourth-order valence-electron chi connectivity index (χ4n) is 3.82. The first kappa shape index (κ1) is 21.7. The second kappa shape index (κ2) is 8.90. The van der Waals surface area contributed by atoms with Crippen LogP contribution in [0.3, 0.4) is 0 Å². The Hall–Kier alpha value is -3.55. The number of fused-ring (bicyclic) bond motifs is 1. The molecule has 3 aromatic rings. The molecular weight excluding hydrogens is 432 g/mol. The van der Waals surface area contributed by atoms with E-state index < -0.39 is 6.04 Å². The van der Waals surface area contributed by atoms with Crippen molar-refractivity contribution in [1.82, 2.24) is 24.8 Å². The summed E-state index contributed by atoms with van der Waals surface area (Å²) in [6.07, 6.45) is 2.09. The lowest BCUT2D eigenvalue weighted by atomic mass is 10.2. The number of nitrogens with zero attached hydrogens (tertiary/aromatic N) is 5. The summed E-state index contributed by atoms with van der Waals surface area (Å²) < 4.78 is 6.64. The van der Waals surface area contributed by atoms with Gasteiger partial charge >= 0.3 is 0 Å². The van der Waals surface area contributed by atoms with E-state index in [4.69, 9.17) is 16.3 Å². The summed E-state index contributed by atoms with van der Waals surface area (Å²) in [4.78, 5) is 32.4. The zero-order valence-corrected chi connectivity index (χ0v) is 18.8. The number of benzene rings is 1. The van der Waals surface area contributed by atoms with Crippen molar-refractivity contribution in [2.24, 2.45) is 0 Å². The molecule has 0 aliphatic carbocycles. The van der Waals surface area contributed by atoms with Gasteiger partial charge in [-0.2, -0.15) is 5.10 Å². The zero-order valence-electron chi connectivity index (χ0n) is 18.0. The maximum absolute atomic E-state index is 12.9. The SMILES string of the molecule is COc1ccc(CN(C)c2cc(Cl)nn3c(C(=O)N[C@@H]4CCN(C)C4=C=O)cnc23)cc1. The van der Waals surface area contributed by atoms with Gasteiger partial charge < -0.3 is 19.9 Å². The van der Waals surface area contributed by atoms with Crippen LogP contribution in [0.2, 0.25) is 5.15 Å². The number of carbonyl (C=O) groups excluding carboxylic acids is 2. The highest BCUT2D eigenvalue weighted by molar-refractivity contribution is 6.29. The van der Waals surface area contributed by atoms with Crippen LogP contribution in [0, 0.1) is 0 Å². The van der Waals surface area contributed by atoms with Gasteiger partial charge in [-0.15, -0.1) is 0 Å². The van der Waals surface area contributed by atoms with Gasteiger partial charge in [0.25, 0.3) is 5.91 Å². The molecule has 3 heterocycles. The maximum atomic E-state index is 12.9. The summed E-state index contributed by atoms with van der Waals surface area (Å²) >= 11 is 6.28. The lowest BCUT2D eigenvalue weighted by Gasteiger charge is -2.20. The Morgan fingerprint density at radius 1 is 1.38 bits per heavy atom. The molecule has 1 aromatic carbocycles. The van der Waals surface area contributed by atoms with Crippen molar-refractivity contribution in [1.29, 1.82) is 0 Å². The van der Waals surface area contributed by atoms with Crippen molar-refractivity contribution in [2.75, 3.05) is 32.6 Å². The lowest BCUT2D eigenvalue weighted by Crippen LogP contribution is -2.36. The number of likely N-dealkylation sites (N-methyl/N-ethyl adjacent to an activating group) is 1. The van der Waals surface area contributed by atoms with Crippen molar-refractivity contribution in [3.05, 3.63) is 58.6 Å². The molecule has 10 heteroatoms. The largest absolute Gasteiger partial charge is 0.497 e. The molecule has 1 N–H and O–H groups in total.